The second-order valence-electron chi connectivity index (χ2n) is 5.64. The highest BCUT2D eigenvalue weighted by molar-refractivity contribution is 6.31. The van der Waals surface area contributed by atoms with E-state index in [1.807, 2.05) is 0 Å². The number of ketones is 1. The molecule has 6 heteroatoms. The van der Waals surface area contributed by atoms with Crippen LogP contribution in [0.4, 0.5) is 0 Å². The van der Waals surface area contributed by atoms with Crippen LogP contribution in [0.1, 0.15) is 48.0 Å². The molecule has 1 aromatic rings. The third-order valence-corrected chi connectivity index (χ3v) is 4.06. The summed E-state index contributed by atoms with van der Waals surface area (Å²) in [5, 5.41) is 16.8. The van der Waals surface area contributed by atoms with Crippen LogP contribution in [0, 0.1) is 17.2 Å². The number of nitriles is 1. The summed E-state index contributed by atoms with van der Waals surface area (Å²) in [6.07, 6.45) is 7.36. The molecule has 0 aromatic heterocycles. The maximum atomic E-state index is 11.6. The molecule has 0 radical (unpaired) electrons. The number of nitrogens with zero attached hydrogens (tertiary/aromatic N) is 3. The minimum Gasteiger partial charge on any atom is -0.399 e. The van der Waals surface area contributed by atoms with Gasteiger partial charge in [0.05, 0.1) is 6.21 Å². The van der Waals surface area contributed by atoms with E-state index in [1.54, 1.807) is 36.5 Å². The summed E-state index contributed by atoms with van der Waals surface area (Å²) in [6.45, 7) is 0.116. The fourth-order valence-electron chi connectivity index (χ4n) is 2.83. The van der Waals surface area contributed by atoms with Gasteiger partial charge in [0.2, 0.25) is 0 Å². The normalized spacial score (nSPS) is 15.9. The van der Waals surface area contributed by atoms with Gasteiger partial charge in [-0.3, -0.25) is 4.79 Å². The number of Topliss-reactive ketones (excluding diaryl/α,β-unsaturated/α-hetero) is 1. The smallest absolute Gasteiger partial charge is 0.262 e. The van der Waals surface area contributed by atoms with Crippen LogP contribution in [0.5, 0.6) is 0 Å². The fourth-order valence-corrected chi connectivity index (χ4v) is 2.83. The predicted molar refractivity (Wildman–Crippen MR) is 90.7 cm³/mol. The molecule has 1 saturated carbocycles. The first-order valence-corrected chi connectivity index (χ1v) is 8.05. The van der Waals surface area contributed by atoms with Crippen molar-refractivity contribution in [2.75, 3.05) is 7.11 Å². The highest BCUT2D eigenvalue weighted by Gasteiger charge is 2.19. The number of benzene rings is 1. The standard InChI is InChI=1S/C18H21N3O3/c1-23-21-17(14-7-3-2-4-8-14)12-20-24-13-15-9-5-6-10-16(15)18(22)11-19/h5-6,9-10,12,14H,2-4,7-8,13H2,1H3/b20-12?,21-17-. The van der Waals surface area contributed by atoms with Crippen molar-refractivity contribution in [1.82, 2.24) is 0 Å². The first-order chi connectivity index (χ1) is 11.8. The summed E-state index contributed by atoms with van der Waals surface area (Å²) in [7, 11) is 1.52. The summed E-state index contributed by atoms with van der Waals surface area (Å²) >= 11 is 0. The van der Waals surface area contributed by atoms with E-state index >= 15 is 0 Å². The Labute approximate surface area is 141 Å². The van der Waals surface area contributed by atoms with Crippen LogP contribution in [-0.4, -0.2) is 24.8 Å². The molecule has 6 nitrogen and oxygen atoms in total. The Morgan fingerprint density at radius 1 is 1.33 bits per heavy atom. The molecule has 24 heavy (non-hydrogen) atoms. The highest BCUT2D eigenvalue weighted by atomic mass is 16.6. The fraction of sp³-hybridized carbons (Fsp3) is 0.444. The summed E-state index contributed by atoms with van der Waals surface area (Å²) in [5.74, 6) is -0.236. The third-order valence-electron chi connectivity index (χ3n) is 4.06. The largest absolute Gasteiger partial charge is 0.399 e. The molecule has 0 atom stereocenters. The molecule has 1 fully saturated rings. The first kappa shape index (κ1) is 17.7. The van der Waals surface area contributed by atoms with E-state index in [0.29, 0.717) is 17.0 Å². The lowest BCUT2D eigenvalue weighted by atomic mass is 9.86. The van der Waals surface area contributed by atoms with Gasteiger partial charge in [-0.2, -0.15) is 5.26 Å². The average molecular weight is 327 g/mol. The van der Waals surface area contributed by atoms with E-state index in [9.17, 15) is 4.79 Å². The van der Waals surface area contributed by atoms with Gasteiger partial charge in [0, 0.05) is 17.0 Å². The number of rotatable bonds is 7. The monoisotopic (exact) mass is 327 g/mol. The Balaban J connectivity index is 1.97. The molecule has 0 amide bonds. The molecule has 0 N–H and O–H groups in total. The first-order valence-electron chi connectivity index (χ1n) is 8.05. The Kier molecular flexibility index (Phi) is 6.96. The zero-order chi connectivity index (χ0) is 17.2. The Bertz CT molecular complexity index is 656. The van der Waals surface area contributed by atoms with Gasteiger partial charge >= 0.3 is 0 Å². The Morgan fingerprint density at radius 2 is 2.08 bits per heavy atom. The van der Waals surface area contributed by atoms with Crippen molar-refractivity contribution < 1.29 is 14.5 Å². The van der Waals surface area contributed by atoms with Crippen LogP contribution in [-0.2, 0) is 16.3 Å². The van der Waals surface area contributed by atoms with Crippen molar-refractivity contribution in [2.45, 2.75) is 38.7 Å². The van der Waals surface area contributed by atoms with Gasteiger partial charge in [0.1, 0.15) is 25.5 Å². The molecule has 0 saturated heterocycles. The highest BCUT2D eigenvalue weighted by Crippen LogP contribution is 2.24. The molecule has 1 aliphatic carbocycles. The lowest BCUT2D eigenvalue weighted by molar-refractivity contribution is 0.104. The lowest BCUT2D eigenvalue weighted by Gasteiger charge is -2.20. The summed E-state index contributed by atoms with van der Waals surface area (Å²) in [6, 6.07) is 8.47. The lowest BCUT2D eigenvalue weighted by Crippen LogP contribution is -2.19. The Morgan fingerprint density at radius 3 is 2.79 bits per heavy atom. The molecular formula is C18H21N3O3. The van der Waals surface area contributed by atoms with Gasteiger partial charge in [0.25, 0.3) is 5.78 Å². The van der Waals surface area contributed by atoms with E-state index in [-0.39, 0.29) is 6.61 Å². The summed E-state index contributed by atoms with van der Waals surface area (Å²) < 4.78 is 0. The number of hydrogen-bond donors (Lipinski definition) is 0. The SMILES string of the molecule is CO/N=C(/C=NOCc1ccccc1C(=O)C#N)C1CCCCC1. The van der Waals surface area contributed by atoms with Gasteiger partial charge in [-0.25, -0.2) is 0 Å². The van der Waals surface area contributed by atoms with Crippen LogP contribution in [0.3, 0.4) is 0 Å². The van der Waals surface area contributed by atoms with E-state index < -0.39 is 5.78 Å². The molecule has 1 aliphatic rings. The van der Waals surface area contributed by atoms with Crippen LogP contribution in [0.2, 0.25) is 0 Å². The van der Waals surface area contributed by atoms with Crippen LogP contribution < -0.4 is 0 Å². The van der Waals surface area contributed by atoms with Gasteiger partial charge in [-0.05, 0) is 18.9 Å². The number of carbonyl (C=O) groups excluding carboxylic acids is 1. The molecule has 0 heterocycles. The van der Waals surface area contributed by atoms with Crippen molar-refractivity contribution >= 4 is 17.7 Å². The topological polar surface area (TPSA) is 84.0 Å². The molecule has 2 rings (SSSR count). The van der Waals surface area contributed by atoms with Crippen LogP contribution in [0.15, 0.2) is 34.6 Å². The van der Waals surface area contributed by atoms with Crippen molar-refractivity contribution in [3.8, 4) is 6.07 Å². The summed E-state index contributed by atoms with van der Waals surface area (Å²) in [5.41, 5.74) is 1.75. The quantitative estimate of drug-likeness (QED) is 0.332. The molecule has 0 aliphatic heterocycles. The zero-order valence-electron chi connectivity index (χ0n) is 13.8. The van der Waals surface area contributed by atoms with E-state index in [2.05, 4.69) is 10.3 Å². The predicted octanol–water partition coefficient (Wildman–Crippen LogP) is 3.48. The maximum Gasteiger partial charge on any atom is 0.262 e. The van der Waals surface area contributed by atoms with Gasteiger partial charge in [-0.15, -0.1) is 0 Å². The van der Waals surface area contributed by atoms with Crippen molar-refractivity contribution in [2.24, 2.45) is 16.2 Å². The second kappa shape index (κ2) is 9.46. The van der Waals surface area contributed by atoms with Gasteiger partial charge in [-0.1, -0.05) is 47.8 Å². The number of carbonyl (C=O) groups is 1. The van der Waals surface area contributed by atoms with Crippen molar-refractivity contribution in [3.05, 3.63) is 35.4 Å². The average Bonchev–Trinajstić information content (AvgIpc) is 2.64. The molecule has 126 valence electrons. The minimum absolute atomic E-state index is 0.116. The van der Waals surface area contributed by atoms with E-state index in [4.69, 9.17) is 14.9 Å². The summed E-state index contributed by atoms with van der Waals surface area (Å²) in [4.78, 5) is 21.8. The zero-order valence-corrected chi connectivity index (χ0v) is 13.8. The van der Waals surface area contributed by atoms with Gasteiger partial charge in [0.15, 0.2) is 0 Å². The molecule has 0 spiro atoms. The van der Waals surface area contributed by atoms with Crippen molar-refractivity contribution in [3.63, 3.8) is 0 Å². The van der Waals surface area contributed by atoms with Crippen molar-refractivity contribution in [1.29, 1.82) is 5.26 Å². The number of hydrogen-bond acceptors (Lipinski definition) is 6. The molecular weight excluding hydrogens is 306 g/mol. The third kappa shape index (κ3) is 4.92. The van der Waals surface area contributed by atoms with E-state index in [1.165, 1.54) is 26.4 Å². The Hall–Kier alpha value is -2.68. The maximum absolute atomic E-state index is 11.6. The van der Waals surface area contributed by atoms with E-state index in [0.717, 1.165) is 18.6 Å². The van der Waals surface area contributed by atoms with Crippen LogP contribution >= 0.6 is 0 Å². The molecule has 0 bridgehead atoms. The van der Waals surface area contributed by atoms with Gasteiger partial charge < -0.3 is 9.68 Å². The molecule has 1 aromatic carbocycles. The second-order valence-corrected chi connectivity index (χ2v) is 5.64. The number of oxime groups is 2. The minimum atomic E-state index is -0.581. The molecule has 0 unspecified atom stereocenters. The van der Waals surface area contributed by atoms with Crippen LogP contribution in [0.25, 0.3) is 0 Å².